The first-order chi connectivity index (χ1) is 15.9. The highest BCUT2D eigenvalue weighted by molar-refractivity contribution is 7.99. The van der Waals surface area contributed by atoms with Crippen LogP contribution in [0.1, 0.15) is 5.56 Å². The lowest BCUT2D eigenvalue weighted by molar-refractivity contribution is -0.137. The lowest BCUT2D eigenvalue weighted by Gasteiger charge is -2.35. The fraction of sp³-hybridized carbons (Fsp3) is 0.250. The molecule has 0 bridgehead atoms. The Morgan fingerprint density at radius 1 is 0.939 bits per heavy atom. The Hall–Kier alpha value is -3.04. The van der Waals surface area contributed by atoms with Gasteiger partial charge in [0.05, 0.1) is 17.8 Å². The predicted molar refractivity (Wildman–Crippen MR) is 124 cm³/mol. The molecule has 1 amide bonds. The van der Waals surface area contributed by atoms with E-state index in [0.29, 0.717) is 32.0 Å². The van der Waals surface area contributed by atoms with E-state index >= 15 is 0 Å². The summed E-state index contributed by atoms with van der Waals surface area (Å²) in [5, 5.41) is 3.01. The van der Waals surface area contributed by atoms with E-state index in [2.05, 4.69) is 10.3 Å². The summed E-state index contributed by atoms with van der Waals surface area (Å²) < 4.78 is 38.2. The number of nitrogens with zero attached hydrogens (tertiary/aromatic N) is 3. The van der Waals surface area contributed by atoms with Crippen molar-refractivity contribution in [2.24, 2.45) is 0 Å². The lowest BCUT2D eigenvalue weighted by atomic mass is 10.2. The van der Waals surface area contributed by atoms with Crippen LogP contribution in [0.3, 0.4) is 0 Å². The molecule has 33 heavy (non-hydrogen) atoms. The Labute approximate surface area is 194 Å². The van der Waals surface area contributed by atoms with Crippen molar-refractivity contribution in [1.82, 2.24) is 9.88 Å². The van der Waals surface area contributed by atoms with Crippen molar-refractivity contribution in [3.05, 3.63) is 78.5 Å². The smallest absolute Gasteiger partial charge is 0.354 e. The molecule has 0 spiro atoms. The number of para-hydroxylation sites is 1. The molecule has 0 radical (unpaired) electrons. The van der Waals surface area contributed by atoms with Crippen LogP contribution in [-0.4, -0.2) is 48.5 Å². The Kier molecular flexibility index (Phi) is 7.20. The Morgan fingerprint density at radius 3 is 2.30 bits per heavy atom. The highest BCUT2D eigenvalue weighted by Gasteiger charge is 2.31. The van der Waals surface area contributed by atoms with Gasteiger partial charge in [-0.25, -0.2) is 4.98 Å². The predicted octanol–water partition coefficient (Wildman–Crippen LogP) is 5.01. The molecule has 3 aromatic rings. The van der Waals surface area contributed by atoms with E-state index in [1.807, 2.05) is 64.4 Å². The van der Waals surface area contributed by atoms with Crippen molar-refractivity contribution < 1.29 is 18.0 Å². The zero-order chi connectivity index (χ0) is 23.3. The second-order valence-corrected chi connectivity index (χ2v) is 8.74. The molecule has 0 unspecified atom stereocenters. The molecular weight excluding hydrogens is 449 g/mol. The quantitative estimate of drug-likeness (QED) is 0.547. The van der Waals surface area contributed by atoms with Crippen LogP contribution in [0.2, 0.25) is 0 Å². The molecule has 1 aliphatic rings. The monoisotopic (exact) mass is 472 g/mol. The normalized spacial score (nSPS) is 14.8. The number of aromatic nitrogens is 1. The SMILES string of the molecule is O=C(CN1CCN(c2ccc(C(F)(F)F)cn2)CC1)Nc1ccccc1Sc1ccccc1. The summed E-state index contributed by atoms with van der Waals surface area (Å²) in [5.41, 5.74) is 0.0104. The van der Waals surface area contributed by atoms with Gasteiger partial charge in [0.1, 0.15) is 5.82 Å². The molecule has 1 N–H and O–H groups in total. The van der Waals surface area contributed by atoms with Crippen molar-refractivity contribution in [3.8, 4) is 0 Å². The zero-order valence-electron chi connectivity index (χ0n) is 17.8. The molecule has 172 valence electrons. The number of pyridine rings is 1. The number of alkyl halides is 3. The van der Waals surface area contributed by atoms with Crippen molar-refractivity contribution >= 4 is 29.2 Å². The fourth-order valence-corrected chi connectivity index (χ4v) is 4.47. The van der Waals surface area contributed by atoms with Crippen molar-refractivity contribution in [3.63, 3.8) is 0 Å². The largest absolute Gasteiger partial charge is 0.417 e. The number of hydrogen-bond donors (Lipinski definition) is 1. The molecule has 0 saturated carbocycles. The molecule has 1 aromatic heterocycles. The van der Waals surface area contributed by atoms with E-state index in [1.54, 1.807) is 11.8 Å². The average Bonchev–Trinajstić information content (AvgIpc) is 2.81. The van der Waals surface area contributed by atoms with Gasteiger partial charge in [0.2, 0.25) is 5.91 Å². The first-order valence-electron chi connectivity index (χ1n) is 10.5. The highest BCUT2D eigenvalue weighted by Crippen LogP contribution is 2.33. The Bertz CT molecular complexity index is 1070. The van der Waals surface area contributed by atoms with Gasteiger partial charge in [-0.15, -0.1) is 0 Å². The number of carbonyl (C=O) groups excluding carboxylic acids is 1. The van der Waals surface area contributed by atoms with Gasteiger partial charge >= 0.3 is 6.18 Å². The maximum absolute atomic E-state index is 12.7. The number of halogens is 3. The fourth-order valence-electron chi connectivity index (χ4n) is 3.54. The summed E-state index contributed by atoms with van der Waals surface area (Å²) in [5.74, 6) is 0.413. The van der Waals surface area contributed by atoms with E-state index in [0.717, 1.165) is 27.7 Å². The molecule has 0 atom stereocenters. The minimum absolute atomic E-state index is 0.0998. The van der Waals surface area contributed by atoms with Crippen molar-refractivity contribution in [1.29, 1.82) is 0 Å². The van der Waals surface area contributed by atoms with Crippen LogP contribution >= 0.6 is 11.8 Å². The van der Waals surface area contributed by atoms with Crippen molar-refractivity contribution in [2.75, 3.05) is 42.9 Å². The molecule has 0 aliphatic carbocycles. The average molecular weight is 473 g/mol. The third kappa shape index (κ3) is 6.27. The summed E-state index contributed by atoms with van der Waals surface area (Å²) >= 11 is 1.59. The molecule has 9 heteroatoms. The second-order valence-electron chi connectivity index (χ2n) is 7.63. The summed E-state index contributed by atoms with van der Waals surface area (Å²) in [6.07, 6.45) is -3.53. The first kappa shape index (κ1) is 23.1. The minimum atomic E-state index is -4.39. The number of rotatable bonds is 6. The maximum atomic E-state index is 12.7. The van der Waals surface area contributed by atoms with Crippen LogP contribution < -0.4 is 10.2 Å². The van der Waals surface area contributed by atoms with Gasteiger partial charge in [-0.05, 0) is 36.4 Å². The van der Waals surface area contributed by atoms with Gasteiger partial charge in [-0.3, -0.25) is 9.69 Å². The van der Waals surface area contributed by atoms with Crippen LogP contribution in [0, 0.1) is 0 Å². The van der Waals surface area contributed by atoms with E-state index in [9.17, 15) is 18.0 Å². The molecule has 1 saturated heterocycles. The molecule has 5 nitrogen and oxygen atoms in total. The number of benzene rings is 2. The van der Waals surface area contributed by atoms with E-state index in [4.69, 9.17) is 0 Å². The third-order valence-electron chi connectivity index (χ3n) is 5.27. The van der Waals surface area contributed by atoms with Gasteiger partial charge in [-0.1, -0.05) is 42.1 Å². The number of piperazine rings is 1. The first-order valence-corrected chi connectivity index (χ1v) is 11.3. The number of hydrogen-bond acceptors (Lipinski definition) is 5. The number of carbonyl (C=O) groups is 1. The standard InChI is InChI=1S/C24H23F3N4OS/c25-24(26,27)18-10-11-22(28-16-18)31-14-12-30(13-15-31)17-23(32)29-20-8-4-5-9-21(20)33-19-6-2-1-3-7-19/h1-11,16H,12-15,17H2,(H,29,32). The molecule has 2 aromatic carbocycles. The highest BCUT2D eigenvalue weighted by atomic mass is 32.2. The third-order valence-corrected chi connectivity index (χ3v) is 6.35. The summed E-state index contributed by atoms with van der Waals surface area (Å²) in [7, 11) is 0. The summed E-state index contributed by atoms with van der Waals surface area (Å²) in [6.45, 7) is 2.67. The maximum Gasteiger partial charge on any atom is 0.417 e. The van der Waals surface area contributed by atoms with Crippen LogP contribution in [0.5, 0.6) is 0 Å². The lowest BCUT2D eigenvalue weighted by Crippen LogP contribution is -2.49. The van der Waals surface area contributed by atoms with Crippen molar-refractivity contribution in [2.45, 2.75) is 16.0 Å². The Morgan fingerprint density at radius 2 is 1.64 bits per heavy atom. The molecular formula is C24H23F3N4OS. The number of anilines is 2. The van der Waals surface area contributed by atoms with Gasteiger partial charge < -0.3 is 10.2 Å². The van der Waals surface area contributed by atoms with Crippen LogP contribution in [0.4, 0.5) is 24.7 Å². The number of amides is 1. The van der Waals surface area contributed by atoms with E-state index in [-0.39, 0.29) is 12.5 Å². The summed E-state index contributed by atoms with van der Waals surface area (Å²) in [6, 6.07) is 20.1. The van der Waals surface area contributed by atoms with Gasteiger partial charge in [0.25, 0.3) is 0 Å². The minimum Gasteiger partial charge on any atom is -0.354 e. The van der Waals surface area contributed by atoms with Gasteiger partial charge in [-0.2, -0.15) is 13.2 Å². The molecule has 1 fully saturated rings. The van der Waals surface area contributed by atoms with E-state index < -0.39 is 11.7 Å². The van der Waals surface area contributed by atoms with Gasteiger partial charge in [0, 0.05) is 42.2 Å². The van der Waals surface area contributed by atoms with Gasteiger partial charge in [0.15, 0.2) is 0 Å². The molecule has 1 aliphatic heterocycles. The molecule has 4 rings (SSSR count). The Balaban J connectivity index is 1.29. The summed E-state index contributed by atoms with van der Waals surface area (Å²) in [4.78, 5) is 22.7. The topological polar surface area (TPSA) is 48.5 Å². The van der Waals surface area contributed by atoms with E-state index in [1.165, 1.54) is 6.07 Å². The van der Waals surface area contributed by atoms with Crippen LogP contribution in [0.15, 0.2) is 82.7 Å². The number of nitrogens with one attached hydrogen (secondary N) is 1. The van der Waals surface area contributed by atoms with Crippen LogP contribution in [-0.2, 0) is 11.0 Å². The van der Waals surface area contributed by atoms with Crippen LogP contribution in [0.25, 0.3) is 0 Å². The zero-order valence-corrected chi connectivity index (χ0v) is 18.6. The molecule has 2 heterocycles. The second kappa shape index (κ2) is 10.3.